The molecule has 4 nitrogen and oxygen atoms in total. The van der Waals surface area contributed by atoms with E-state index in [0.29, 0.717) is 5.57 Å². The Balaban J connectivity index is 2.44. The maximum atomic E-state index is 12.1. The molecule has 2 rings (SSSR count). The summed E-state index contributed by atoms with van der Waals surface area (Å²) in [6, 6.07) is 11.4. The Morgan fingerprint density at radius 2 is 1.89 bits per heavy atom. The normalized spacial score (nSPS) is 25.5. The Morgan fingerprint density at radius 3 is 2.47 bits per heavy atom. The number of likely N-dealkylation sites (tertiary alicyclic amines) is 1. The van der Waals surface area contributed by atoms with E-state index >= 15 is 0 Å². The smallest absolute Gasteiger partial charge is 0.256 e. The summed E-state index contributed by atoms with van der Waals surface area (Å²) in [6.07, 6.45) is 1.75. The van der Waals surface area contributed by atoms with E-state index in [1.807, 2.05) is 36.4 Å². The van der Waals surface area contributed by atoms with Crippen molar-refractivity contribution >= 4 is 17.9 Å². The van der Waals surface area contributed by atoms with E-state index in [9.17, 15) is 9.59 Å². The van der Waals surface area contributed by atoms with Crippen molar-refractivity contribution in [1.82, 2.24) is 4.90 Å². The predicted molar refractivity (Wildman–Crippen MR) is 70.5 cm³/mol. The molecule has 0 saturated carbocycles. The Kier molecular flexibility index (Phi) is 3.48. The van der Waals surface area contributed by atoms with Gasteiger partial charge < -0.3 is 0 Å². The first-order valence-corrected chi connectivity index (χ1v) is 6.04. The number of amides is 2. The summed E-state index contributed by atoms with van der Waals surface area (Å²) < 4.78 is 0. The zero-order valence-corrected chi connectivity index (χ0v) is 10.8. The first-order valence-electron chi connectivity index (χ1n) is 6.04. The van der Waals surface area contributed by atoms with E-state index in [1.54, 1.807) is 13.0 Å². The number of imide groups is 1. The van der Waals surface area contributed by atoms with Crippen LogP contribution in [0.2, 0.25) is 0 Å². The first kappa shape index (κ1) is 13.0. The van der Waals surface area contributed by atoms with E-state index in [0.717, 1.165) is 10.5 Å². The number of hydrogen-bond donors (Lipinski definition) is 0. The van der Waals surface area contributed by atoms with E-state index in [2.05, 4.69) is 0 Å². The van der Waals surface area contributed by atoms with Crippen molar-refractivity contribution in [3.63, 3.8) is 0 Å². The Labute approximate surface area is 111 Å². The van der Waals surface area contributed by atoms with Crippen LogP contribution in [0.25, 0.3) is 6.08 Å². The zero-order chi connectivity index (χ0) is 14.0. The molecule has 0 radical (unpaired) electrons. The molecule has 19 heavy (non-hydrogen) atoms. The highest BCUT2D eigenvalue weighted by Crippen LogP contribution is 2.30. The number of likely N-dealkylation sites (N-methyl/N-ethyl adjacent to an activating group) is 1. The molecule has 96 valence electrons. The van der Waals surface area contributed by atoms with Gasteiger partial charge in [0.1, 0.15) is 5.92 Å². The molecule has 1 fully saturated rings. The summed E-state index contributed by atoms with van der Waals surface area (Å²) in [5.74, 6) is -1.93. The predicted octanol–water partition coefficient (Wildman–Crippen LogP) is 1.84. The number of rotatable bonds is 1. The minimum absolute atomic E-state index is 0.326. The summed E-state index contributed by atoms with van der Waals surface area (Å²) in [5.41, 5.74) is 1.39. The Hall–Kier alpha value is -2.41. The topological polar surface area (TPSA) is 61.2 Å². The van der Waals surface area contributed by atoms with E-state index in [-0.39, 0.29) is 11.8 Å². The molecule has 1 aliphatic heterocycles. The van der Waals surface area contributed by atoms with Crippen molar-refractivity contribution in [2.75, 3.05) is 7.05 Å². The number of nitrogens with zero attached hydrogens (tertiary/aromatic N) is 2. The molecular weight excluding hydrogens is 240 g/mol. The van der Waals surface area contributed by atoms with Gasteiger partial charge in [-0.1, -0.05) is 37.3 Å². The Bertz CT molecular complexity index is 584. The molecule has 1 aromatic rings. The number of benzene rings is 1. The molecule has 0 bridgehead atoms. The van der Waals surface area contributed by atoms with Crippen LogP contribution in [-0.2, 0) is 9.59 Å². The maximum Gasteiger partial charge on any atom is 0.256 e. The average Bonchev–Trinajstić information content (AvgIpc) is 2.43. The summed E-state index contributed by atoms with van der Waals surface area (Å²) in [7, 11) is 1.42. The highest BCUT2D eigenvalue weighted by Gasteiger charge is 2.40. The molecule has 0 spiro atoms. The molecule has 1 aromatic carbocycles. The van der Waals surface area contributed by atoms with Crippen molar-refractivity contribution in [2.24, 2.45) is 11.8 Å². The van der Waals surface area contributed by atoms with Gasteiger partial charge in [0, 0.05) is 18.5 Å². The average molecular weight is 254 g/mol. The summed E-state index contributed by atoms with van der Waals surface area (Å²) in [4.78, 5) is 25.0. The van der Waals surface area contributed by atoms with Crippen LogP contribution in [0, 0.1) is 23.2 Å². The van der Waals surface area contributed by atoms with E-state index < -0.39 is 11.8 Å². The minimum atomic E-state index is -0.794. The molecule has 0 aromatic heterocycles. The van der Waals surface area contributed by atoms with Crippen molar-refractivity contribution in [3.05, 3.63) is 41.5 Å². The van der Waals surface area contributed by atoms with Gasteiger partial charge in [0.2, 0.25) is 5.91 Å². The van der Waals surface area contributed by atoms with Crippen molar-refractivity contribution in [3.8, 4) is 6.07 Å². The fourth-order valence-corrected chi connectivity index (χ4v) is 2.18. The van der Waals surface area contributed by atoms with Gasteiger partial charge in [-0.25, -0.2) is 0 Å². The highest BCUT2D eigenvalue weighted by molar-refractivity contribution is 6.11. The number of piperidine rings is 1. The molecule has 1 aliphatic rings. The van der Waals surface area contributed by atoms with Crippen LogP contribution in [0.15, 0.2) is 35.9 Å². The lowest BCUT2D eigenvalue weighted by molar-refractivity contribution is -0.146. The second-order valence-electron chi connectivity index (χ2n) is 4.61. The van der Waals surface area contributed by atoms with Crippen molar-refractivity contribution < 1.29 is 9.59 Å². The van der Waals surface area contributed by atoms with Crippen molar-refractivity contribution in [1.29, 1.82) is 5.26 Å². The molecule has 0 N–H and O–H groups in total. The van der Waals surface area contributed by atoms with Crippen LogP contribution >= 0.6 is 0 Å². The first-order chi connectivity index (χ1) is 9.06. The molecule has 2 atom stereocenters. The molecule has 1 saturated heterocycles. The largest absolute Gasteiger partial charge is 0.281 e. The van der Waals surface area contributed by atoms with Gasteiger partial charge in [0.05, 0.1) is 6.07 Å². The van der Waals surface area contributed by atoms with Gasteiger partial charge in [-0.05, 0) is 11.6 Å². The van der Waals surface area contributed by atoms with E-state index in [1.165, 1.54) is 7.05 Å². The van der Waals surface area contributed by atoms with Crippen LogP contribution in [0.4, 0.5) is 0 Å². The summed E-state index contributed by atoms with van der Waals surface area (Å²) >= 11 is 0. The third-order valence-electron chi connectivity index (χ3n) is 3.40. The summed E-state index contributed by atoms with van der Waals surface area (Å²) in [5, 5.41) is 9.08. The second-order valence-corrected chi connectivity index (χ2v) is 4.61. The van der Waals surface area contributed by atoms with Crippen LogP contribution in [0.5, 0.6) is 0 Å². The molecule has 0 unspecified atom stereocenters. The molecule has 2 amide bonds. The standard InChI is InChI=1S/C15H14N2O2/c1-10-12(8-11-6-4-3-5-7-11)14(18)17(2)15(19)13(10)9-16/h3-8,10,13H,1-2H3/t10-,13-/m1/s1. The fraction of sp³-hybridized carbons (Fsp3) is 0.267. The maximum absolute atomic E-state index is 12.1. The number of nitriles is 1. The molecule has 0 aliphatic carbocycles. The van der Waals surface area contributed by atoms with Gasteiger partial charge in [-0.2, -0.15) is 5.26 Å². The SMILES string of the molecule is C[C@@H]1C(=Cc2ccccc2)C(=O)N(C)C(=O)[C@@H]1C#N. The lowest BCUT2D eigenvalue weighted by atomic mass is 9.82. The van der Waals surface area contributed by atoms with Crippen LogP contribution in [0.1, 0.15) is 12.5 Å². The van der Waals surface area contributed by atoms with Gasteiger partial charge in [0.25, 0.3) is 5.91 Å². The van der Waals surface area contributed by atoms with Crippen molar-refractivity contribution in [2.45, 2.75) is 6.92 Å². The van der Waals surface area contributed by atoms with Gasteiger partial charge in [0.15, 0.2) is 0 Å². The van der Waals surface area contributed by atoms with Crippen LogP contribution in [-0.4, -0.2) is 23.8 Å². The van der Waals surface area contributed by atoms with Gasteiger partial charge in [-0.15, -0.1) is 0 Å². The molecular formula is C15H14N2O2. The fourth-order valence-electron chi connectivity index (χ4n) is 2.18. The number of carbonyl (C=O) groups excluding carboxylic acids is 2. The third-order valence-corrected chi connectivity index (χ3v) is 3.40. The van der Waals surface area contributed by atoms with E-state index in [4.69, 9.17) is 5.26 Å². The molecule has 4 heteroatoms. The lowest BCUT2D eigenvalue weighted by Crippen LogP contribution is -2.47. The Morgan fingerprint density at radius 1 is 1.26 bits per heavy atom. The highest BCUT2D eigenvalue weighted by atomic mass is 16.2. The zero-order valence-electron chi connectivity index (χ0n) is 10.8. The van der Waals surface area contributed by atoms with Gasteiger partial charge >= 0.3 is 0 Å². The van der Waals surface area contributed by atoms with Gasteiger partial charge in [-0.3, -0.25) is 14.5 Å². The second kappa shape index (κ2) is 5.07. The van der Waals surface area contributed by atoms with Crippen LogP contribution < -0.4 is 0 Å². The van der Waals surface area contributed by atoms with Crippen LogP contribution in [0.3, 0.4) is 0 Å². The summed E-state index contributed by atoms with van der Waals surface area (Å²) in [6.45, 7) is 1.74. The number of carbonyl (C=O) groups is 2. The third kappa shape index (κ3) is 2.27. The lowest BCUT2D eigenvalue weighted by Gasteiger charge is -2.31. The quantitative estimate of drug-likeness (QED) is 0.567. The minimum Gasteiger partial charge on any atom is -0.281 e. The molecule has 1 heterocycles. The monoisotopic (exact) mass is 254 g/mol. The number of hydrogen-bond acceptors (Lipinski definition) is 3.